The first kappa shape index (κ1) is 25.9. The van der Waals surface area contributed by atoms with E-state index in [1.54, 1.807) is 30.3 Å². The fraction of sp³-hybridized carbons (Fsp3) is 0.320. The van der Waals surface area contributed by atoms with Gasteiger partial charge in [0.15, 0.2) is 24.2 Å². The second-order valence-electron chi connectivity index (χ2n) is 8.31. The molecule has 1 N–H and O–H groups in total. The van der Waals surface area contributed by atoms with Gasteiger partial charge >= 0.3 is 11.7 Å². The van der Waals surface area contributed by atoms with E-state index < -0.39 is 41.4 Å². The number of aromatic nitrogens is 2. The summed E-state index contributed by atoms with van der Waals surface area (Å²) in [5, 5.41) is 3.87. The Kier molecular flexibility index (Phi) is 8.16. The Morgan fingerprint density at radius 1 is 1.14 bits per heavy atom. The number of H-pyrrole nitrogens is 1. The van der Waals surface area contributed by atoms with E-state index in [0.717, 1.165) is 16.2 Å². The molecular weight excluding hydrogens is 482 g/mol. The average Bonchev–Trinajstić information content (AvgIpc) is 3.18. The summed E-state index contributed by atoms with van der Waals surface area (Å²) in [6, 6.07) is 18.5. The van der Waals surface area contributed by atoms with Crippen LogP contribution >= 0.6 is 0 Å². The van der Waals surface area contributed by atoms with Crippen molar-refractivity contribution in [1.29, 1.82) is 0 Å². The molecule has 37 heavy (non-hydrogen) atoms. The highest BCUT2D eigenvalue weighted by Gasteiger charge is 2.59. The van der Waals surface area contributed by atoms with Crippen LogP contribution in [0.15, 0.2) is 87.6 Å². The van der Waals surface area contributed by atoms with Crippen molar-refractivity contribution in [1.82, 2.24) is 9.55 Å². The number of hydrogen-bond acceptors (Lipinski definition) is 8. The number of nitrogens with one attached hydrogen (secondary N) is 1. The Hall–Kier alpha value is -4.22. The standard InChI is InChI=1S/C25H25N5O7/c1-2-14-25(28-29-26)21(35-23(32)18-11-7-4-8-12-18)20(37-34-16-17-9-5-3-6-10-17)22(36-25)30-15-13-19(31)27-24(30)33/h3-13,15,20-22H,2,14,16H2,1H3,(H,27,31,33)/t20-,21+,22-,25-/m1/s1. The molecule has 0 unspecified atom stereocenters. The molecule has 0 bridgehead atoms. The van der Waals surface area contributed by atoms with Gasteiger partial charge in [-0.05, 0) is 29.6 Å². The van der Waals surface area contributed by atoms with Crippen LogP contribution in [0.1, 0.15) is 41.9 Å². The zero-order valence-electron chi connectivity index (χ0n) is 19.9. The lowest BCUT2D eigenvalue weighted by molar-refractivity contribution is -0.352. The molecule has 2 heterocycles. The minimum absolute atomic E-state index is 0.0340. The van der Waals surface area contributed by atoms with Crippen molar-refractivity contribution in [2.75, 3.05) is 0 Å². The molecule has 0 aliphatic carbocycles. The van der Waals surface area contributed by atoms with Crippen LogP contribution in [0.3, 0.4) is 0 Å². The molecule has 0 spiro atoms. The van der Waals surface area contributed by atoms with Crippen LogP contribution in [0.25, 0.3) is 10.4 Å². The Morgan fingerprint density at radius 3 is 2.49 bits per heavy atom. The number of ether oxygens (including phenoxy) is 2. The highest BCUT2D eigenvalue weighted by atomic mass is 17.2. The van der Waals surface area contributed by atoms with E-state index in [1.807, 2.05) is 37.3 Å². The molecule has 3 aromatic rings. The van der Waals surface area contributed by atoms with Crippen molar-refractivity contribution >= 4 is 5.97 Å². The van der Waals surface area contributed by atoms with Gasteiger partial charge in [-0.3, -0.25) is 14.3 Å². The average molecular weight is 508 g/mol. The van der Waals surface area contributed by atoms with Gasteiger partial charge in [-0.25, -0.2) is 19.4 Å². The van der Waals surface area contributed by atoms with Crippen LogP contribution in [0.2, 0.25) is 0 Å². The van der Waals surface area contributed by atoms with E-state index in [0.29, 0.717) is 6.42 Å². The summed E-state index contributed by atoms with van der Waals surface area (Å²) in [6.07, 6.45) is -2.01. The zero-order valence-corrected chi connectivity index (χ0v) is 19.9. The summed E-state index contributed by atoms with van der Waals surface area (Å²) >= 11 is 0. The summed E-state index contributed by atoms with van der Waals surface area (Å²) in [7, 11) is 0. The number of rotatable bonds is 10. The monoisotopic (exact) mass is 507 g/mol. The fourth-order valence-corrected chi connectivity index (χ4v) is 4.13. The van der Waals surface area contributed by atoms with Gasteiger partial charge in [0, 0.05) is 17.2 Å². The number of carbonyl (C=O) groups is 1. The molecule has 4 atom stereocenters. The molecule has 1 aliphatic heterocycles. The maximum Gasteiger partial charge on any atom is 0.338 e. The first-order valence-electron chi connectivity index (χ1n) is 11.6. The van der Waals surface area contributed by atoms with Crippen LogP contribution in [0.5, 0.6) is 0 Å². The van der Waals surface area contributed by atoms with Crippen molar-refractivity contribution < 1.29 is 24.0 Å². The predicted octanol–water partition coefficient (Wildman–Crippen LogP) is 3.61. The highest BCUT2D eigenvalue weighted by Crippen LogP contribution is 2.44. The summed E-state index contributed by atoms with van der Waals surface area (Å²) in [4.78, 5) is 53.7. The number of hydrogen-bond donors (Lipinski definition) is 1. The number of esters is 1. The third kappa shape index (κ3) is 5.79. The zero-order chi connectivity index (χ0) is 26.3. The number of aromatic amines is 1. The second kappa shape index (κ2) is 11.7. The summed E-state index contributed by atoms with van der Waals surface area (Å²) < 4.78 is 13.0. The van der Waals surface area contributed by atoms with Crippen LogP contribution in [-0.4, -0.2) is 33.5 Å². The second-order valence-corrected chi connectivity index (χ2v) is 8.31. The number of carbonyl (C=O) groups excluding carboxylic acids is 1. The highest BCUT2D eigenvalue weighted by molar-refractivity contribution is 5.89. The Morgan fingerprint density at radius 2 is 1.84 bits per heavy atom. The lowest BCUT2D eigenvalue weighted by atomic mass is 9.99. The molecule has 12 heteroatoms. The quantitative estimate of drug-likeness (QED) is 0.110. The van der Waals surface area contributed by atoms with Gasteiger partial charge < -0.3 is 9.47 Å². The number of nitrogens with zero attached hydrogens (tertiary/aromatic N) is 4. The van der Waals surface area contributed by atoms with Gasteiger partial charge in [-0.1, -0.05) is 67.0 Å². The van der Waals surface area contributed by atoms with Gasteiger partial charge in [0.05, 0.1) is 5.56 Å². The molecule has 4 rings (SSSR count). The van der Waals surface area contributed by atoms with Crippen LogP contribution in [0, 0.1) is 0 Å². The van der Waals surface area contributed by atoms with Crippen LogP contribution < -0.4 is 11.2 Å². The van der Waals surface area contributed by atoms with E-state index in [-0.39, 0.29) is 18.6 Å². The largest absolute Gasteiger partial charge is 0.452 e. The van der Waals surface area contributed by atoms with E-state index in [1.165, 1.54) is 6.20 Å². The smallest absolute Gasteiger partial charge is 0.338 e. The van der Waals surface area contributed by atoms with Crippen molar-refractivity contribution in [3.8, 4) is 0 Å². The molecule has 0 saturated carbocycles. The van der Waals surface area contributed by atoms with Crippen molar-refractivity contribution in [3.05, 3.63) is 115 Å². The van der Waals surface area contributed by atoms with Crippen molar-refractivity contribution in [2.45, 2.75) is 50.5 Å². The normalized spacial score (nSPS) is 22.8. The Bertz CT molecular complexity index is 1370. The lowest BCUT2D eigenvalue weighted by Gasteiger charge is -2.29. The SMILES string of the molecule is CCC[C@@]1(N=[N+]=[N-])O[C@@H](n2ccc(=O)[nH]c2=O)[C@H](OOCc2ccccc2)[C@@H]1OC(=O)c1ccccc1. The molecule has 192 valence electrons. The number of benzene rings is 2. The summed E-state index contributed by atoms with van der Waals surface area (Å²) in [5.41, 5.74) is 7.31. The van der Waals surface area contributed by atoms with Crippen molar-refractivity contribution in [3.63, 3.8) is 0 Å². The van der Waals surface area contributed by atoms with Crippen molar-refractivity contribution in [2.24, 2.45) is 5.11 Å². The molecule has 0 radical (unpaired) electrons. The molecule has 1 aromatic heterocycles. The molecular formula is C25H25N5O7. The minimum Gasteiger partial charge on any atom is -0.452 e. The van der Waals surface area contributed by atoms with E-state index in [9.17, 15) is 19.9 Å². The fourth-order valence-electron chi connectivity index (χ4n) is 4.13. The molecule has 1 fully saturated rings. The molecule has 12 nitrogen and oxygen atoms in total. The van der Waals surface area contributed by atoms with Gasteiger partial charge in [-0.15, -0.1) is 0 Å². The third-order valence-electron chi connectivity index (χ3n) is 5.79. The molecule has 0 amide bonds. The maximum absolute atomic E-state index is 13.1. The van der Waals surface area contributed by atoms with Crippen LogP contribution in [-0.2, 0) is 25.9 Å². The third-order valence-corrected chi connectivity index (χ3v) is 5.79. The maximum atomic E-state index is 13.1. The van der Waals surface area contributed by atoms with E-state index in [4.69, 9.17) is 19.2 Å². The molecule has 2 aromatic carbocycles. The topological polar surface area (TPSA) is 158 Å². The summed E-state index contributed by atoms with van der Waals surface area (Å²) in [5.74, 6) is -0.714. The van der Waals surface area contributed by atoms with E-state index in [2.05, 4.69) is 15.0 Å². The van der Waals surface area contributed by atoms with Crippen LogP contribution in [0.4, 0.5) is 0 Å². The minimum atomic E-state index is -1.73. The predicted molar refractivity (Wildman–Crippen MR) is 130 cm³/mol. The van der Waals surface area contributed by atoms with Gasteiger partial charge in [0.25, 0.3) is 5.56 Å². The Labute approximate surface area is 210 Å². The first-order chi connectivity index (χ1) is 18.0. The van der Waals surface area contributed by atoms with E-state index >= 15 is 0 Å². The van der Waals surface area contributed by atoms with Gasteiger partial charge in [-0.2, -0.15) is 0 Å². The molecule has 1 saturated heterocycles. The molecule has 1 aliphatic rings. The summed E-state index contributed by atoms with van der Waals surface area (Å²) in [6.45, 7) is 1.86. The Balaban J connectivity index is 1.74. The van der Waals surface area contributed by atoms with Gasteiger partial charge in [0.1, 0.15) is 6.61 Å². The number of azide groups is 1. The lowest BCUT2D eigenvalue weighted by Crippen LogP contribution is -2.46. The van der Waals surface area contributed by atoms with Gasteiger partial charge in [0.2, 0.25) is 0 Å². The first-order valence-corrected chi connectivity index (χ1v) is 11.6.